The Morgan fingerprint density at radius 2 is 1.97 bits per heavy atom. The van der Waals surface area contributed by atoms with Gasteiger partial charge in [0.1, 0.15) is 0 Å². The number of amides is 1. The van der Waals surface area contributed by atoms with Crippen LogP contribution in [0.25, 0.3) is 10.9 Å². The number of sulfonamides is 1. The molecule has 29 heavy (non-hydrogen) atoms. The first-order valence-electron chi connectivity index (χ1n) is 9.43. The quantitative estimate of drug-likeness (QED) is 0.795. The molecule has 0 unspecified atom stereocenters. The highest BCUT2D eigenvalue weighted by atomic mass is 32.2. The highest BCUT2D eigenvalue weighted by molar-refractivity contribution is 7.90. The number of carbonyl (C=O) groups is 1. The van der Waals surface area contributed by atoms with E-state index in [0.29, 0.717) is 41.8 Å². The second kappa shape index (κ2) is 7.24. The maximum atomic E-state index is 13.2. The predicted octanol–water partition coefficient (Wildman–Crippen LogP) is 3.16. The fraction of sp³-hybridized carbons (Fsp3) is 0.474. The molecule has 1 aromatic heterocycles. The molecule has 6 nitrogen and oxygen atoms in total. The lowest BCUT2D eigenvalue weighted by Gasteiger charge is -2.25. The van der Waals surface area contributed by atoms with Gasteiger partial charge in [0, 0.05) is 30.7 Å². The van der Waals surface area contributed by atoms with Gasteiger partial charge in [0.2, 0.25) is 0 Å². The maximum Gasteiger partial charge on any atom is 0.511 e. The lowest BCUT2D eigenvalue weighted by Crippen LogP contribution is -2.46. The number of pyridine rings is 1. The first-order valence-corrected chi connectivity index (χ1v) is 10.9. The van der Waals surface area contributed by atoms with Crippen molar-refractivity contribution in [1.29, 1.82) is 0 Å². The van der Waals surface area contributed by atoms with Crippen molar-refractivity contribution in [3.8, 4) is 0 Å². The van der Waals surface area contributed by atoms with Gasteiger partial charge in [-0.3, -0.25) is 9.78 Å². The van der Waals surface area contributed by atoms with Crippen LogP contribution in [0.4, 0.5) is 13.2 Å². The highest BCUT2D eigenvalue weighted by Gasteiger charge is 2.46. The molecule has 156 valence electrons. The topological polar surface area (TPSA) is 79.4 Å². The van der Waals surface area contributed by atoms with Gasteiger partial charge >= 0.3 is 15.5 Å². The number of nitrogens with zero attached hydrogens (tertiary/aromatic N) is 2. The van der Waals surface area contributed by atoms with Crippen molar-refractivity contribution < 1.29 is 26.4 Å². The van der Waals surface area contributed by atoms with Crippen molar-refractivity contribution in [2.24, 2.45) is 0 Å². The summed E-state index contributed by atoms with van der Waals surface area (Å²) < 4.78 is 61.9. The van der Waals surface area contributed by atoms with Crippen LogP contribution < -0.4 is 4.72 Å². The molecule has 2 heterocycles. The normalized spacial score (nSPS) is 20.4. The van der Waals surface area contributed by atoms with Crippen LogP contribution in [0.3, 0.4) is 0 Å². The van der Waals surface area contributed by atoms with Crippen molar-refractivity contribution >= 4 is 26.8 Å². The van der Waals surface area contributed by atoms with E-state index in [2.05, 4.69) is 4.98 Å². The van der Waals surface area contributed by atoms with Crippen LogP contribution in [-0.2, 0) is 10.0 Å². The largest absolute Gasteiger partial charge is 0.511 e. The summed E-state index contributed by atoms with van der Waals surface area (Å²) >= 11 is 0. The monoisotopic (exact) mass is 427 g/mol. The third kappa shape index (κ3) is 3.95. The Morgan fingerprint density at radius 3 is 2.66 bits per heavy atom. The van der Waals surface area contributed by atoms with Gasteiger partial charge in [-0.1, -0.05) is 6.07 Å². The number of hydrogen-bond donors (Lipinski definition) is 1. The van der Waals surface area contributed by atoms with E-state index in [-0.39, 0.29) is 5.91 Å². The number of likely N-dealkylation sites (tertiary alicyclic amines) is 1. The third-order valence-electron chi connectivity index (χ3n) is 5.50. The summed E-state index contributed by atoms with van der Waals surface area (Å²) in [5, 5.41) is 0.712. The number of fused-ring (bicyclic) bond motifs is 1. The van der Waals surface area contributed by atoms with Crippen molar-refractivity contribution in [3.63, 3.8) is 0 Å². The summed E-state index contributed by atoms with van der Waals surface area (Å²) in [6.45, 7) is -0.104. The van der Waals surface area contributed by atoms with E-state index in [9.17, 15) is 26.4 Å². The average molecular weight is 427 g/mol. The summed E-state index contributed by atoms with van der Waals surface area (Å²) in [5.41, 5.74) is -3.12. The van der Waals surface area contributed by atoms with E-state index in [4.69, 9.17) is 0 Å². The minimum absolute atomic E-state index is 0.320. The van der Waals surface area contributed by atoms with Crippen LogP contribution in [0.2, 0.25) is 0 Å². The molecule has 0 spiro atoms. The van der Waals surface area contributed by atoms with Gasteiger partial charge < -0.3 is 4.90 Å². The zero-order valence-electron chi connectivity index (χ0n) is 15.4. The van der Waals surface area contributed by atoms with Crippen molar-refractivity contribution in [2.45, 2.75) is 43.2 Å². The summed E-state index contributed by atoms with van der Waals surface area (Å²) in [6, 6.07) is 6.82. The zero-order chi connectivity index (χ0) is 20.8. The summed E-state index contributed by atoms with van der Waals surface area (Å²) in [7, 11) is -5.44. The number of nitrogens with one attached hydrogen (secondary N) is 1. The Hall–Kier alpha value is -2.20. The Morgan fingerprint density at radius 1 is 1.21 bits per heavy atom. The standard InChI is InChI=1S/C19H20F3N3O3S/c20-19(21,22)29(27,28)24-11-14-2-1-9-25(14)18(26)15-7-8-23-17-6-5-13(10-16(15)17)12-3-4-12/h5-8,10,12,14,24H,1-4,9,11H2/t14-/m0/s1. The van der Waals surface area contributed by atoms with E-state index >= 15 is 0 Å². The Kier molecular flexibility index (Phi) is 5.02. The van der Waals surface area contributed by atoms with Gasteiger partial charge in [-0.25, -0.2) is 13.1 Å². The molecule has 1 aliphatic carbocycles. The van der Waals surface area contributed by atoms with Crippen molar-refractivity contribution in [1.82, 2.24) is 14.6 Å². The van der Waals surface area contributed by atoms with Gasteiger partial charge in [-0.15, -0.1) is 0 Å². The van der Waals surface area contributed by atoms with Crippen LogP contribution in [-0.4, -0.2) is 48.8 Å². The summed E-state index contributed by atoms with van der Waals surface area (Å²) in [5.74, 6) is 0.179. The summed E-state index contributed by atoms with van der Waals surface area (Å²) in [6.07, 6.45) is 4.79. The maximum absolute atomic E-state index is 13.2. The Labute approximate surface area is 166 Å². The molecule has 1 atom stereocenters. The minimum Gasteiger partial charge on any atom is -0.334 e. The van der Waals surface area contributed by atoms with Crippen molar-refractivity contribution in [2.75, 3.05) is 13.1 Å². The smallest absolute Gasteiger partial charge is 0.334 e. The van der Waals surface area contributed by atoms with Gasteiger partial charge in [0.05, 0.1) is 11.1 Å². The first-order chi connectivity index (χ1) is 13.7. The van der Waals surface area contributed by atoms with E-state index < -0.39 is 28.1 Å². The second-order valence-corrected chi connectivity index (χ2v) is 9.26. The van der Waals surface area contributed by atoms with Crippen LogP contribution in [0.5, 0.6) is 0 Å². The van der Waals surface area contributed by atoms with Crippen LogP contribution in [0.1, 0.15) is 47.5 Å². The van der Waals surface area contributed by atoms with E-state index in [1.54, 1.807) is 10.8 Å². The van der Waals surface area contributed by atoms with Crippen LogP contribution >= 0.6 is 0 Å². The average Bonchev–Trinajstić information content (AvgIpc) is 3.42. The lowest BCUT2D eigenvalue weighted by atomic mass is 10.0. The fourth-order valence-electron chi connectivity index (χ4n) is 3.78. The molecule has 1 aliphatic heterocycles. The number of carbonyl (C=O) groups excluding carboxylic acids is 1. The molecule has 2 fully saturated rings. The van der Waals surface area contributed by atoms with Gasteiger partial charge in [0.15, 0.2) is 0 Å². The molecule has 1 N–H and O–H groups in total. The molecule has 10 heteroatoms. The van der Waals surface area contributed by atoms with Crippen LogP contribution in [0.15, 0.2) is 30.5 Å². The first kappa shape index (κ1) is 20.1. The molecular formula is C19H20F3N3O3S. The van der Waals surface area contributed by atoms with Crippen molar-refractivity contribution in [3.05, 3.63) is 41.6 Å². The zero-order valence-corrected chi connectivity index (χ0v) is 16.3. The number of alkyl halides is 3. The molecule has 0 bridgehead atoms. The number of halogens is 3. The molecule has 2 aliphatic rings. The lowest BCUT2D eigenvalue weighted by molar-refractivity contribution is -0.0448. The second-order valence-electron chi connectivity index (χ2n) is 7.50. The fourth-order valence-corrected chi connectivity index (χ4v) is 4.35. The third-order valence-corrected chi connectivity index (χ3v) is 6.65. The number of hydrogen-bond acceptors (Lipinski definition) is 4. The number of rotatable bonds is 5. The highest BCUT2D eigenvalue weighted by Crippen LogP contribution is 2.41. The van der Waals surface area contributed by atoms with E-state index in [1.165, 1.54) is 11.1 Å². The molecule has 1 saturated carbocycles. The molecule has 2 aromatic rings. The Bertz CT molecular complexity index is 1050. The number of aromatic nitrogens is 1. The van der Waals surface area contributed by atoms with Crippen LogP contribution in [0, 0.1) is 0 Å². The molecule has 4 rings (SSSR count). The molecular weight excluding hydrogens is 407 g/mol. The predicted molar refractivity (Wildman–Crippen MR) is 101 cm³/mol. The summed E-state index contributed by atoms with van der Waals surface area (Å²) in [4.78, 5) is 18.9. The molecule has 0 radical (unpaired) electrons. The molecule has 1 saturated heterocycles. The SMILES string of the molecule is O=C(c1ccnc2ccc(C3CC3)cc12)N1CCC[C@H]1CNS(=O)(=O)C(F)(F)F. The molecule has 1 amide bonds. The van der Waals surface area contributed by atoms with Gasteiger partial charge in [-0.05, 0) is 55.4 Å². The number of benzene rings is 1. The van der Waals surface area contributed by atoms with Gasteiger partial charge in [-0.2, -0.15) is 13.2 Å². The van der Waals surface area contributed by atoms with E-state index in [1.807, 2.05) is 18.2 Å². The van der Waals surface area contributed by atoms with Gasteiger partial charge in [0.25, 0.3) is 5.91 Å². The Balaban J connectivity index is 1.58. The van der Waals surface area contributed by atoms with E-state index in [0.717, 1.165) is 18.4 Å². The minimum atomic E-state index is -5.44. The molecule has 1 aromatic carbocycles.